The molecule has 0 fully saturated rings. The maximum atomic E-state index is 12.5. The summed E-state index contributed by atoms with van der Waals surface area (Å²) in [7, 11) is -2.25. The lowest BCUT2D eigenvalue weighted by Gasteiger charge is -2.24. The van der Waals surface area contributed by atoms with E-state index in [1.165, 1.54) is 16.0 Å². The van der Waals surface area contributed by atoms with Gasteiger partial charge in [-0.15, -0.1) is 5.10 Å². The van der Waals surface area contributed by atoms with Crippen molar-refractivity contribution in [1.29, 1.82) is 0 Å². The van der Waals surface area contributed by atoms with Crippen LogP contribution in [0.2, 0.25) is 0 Å². The van der Waals surface area contributed by atoms with Gasteiger partial charge in [0.1, 0.15) is 0 Å². The molecule has 10 heteroatoms. The highest BCUT2D eigenvalue weighted by atomic mass is 79.9. The Balaban J connectivity index is 3.30. The van der Waals surface area contributed by atoms with Crippen LogP contribution in [0.25, 0.3) is 0 Å². The Hall–Kier alpha value is -0.580. The Kier molecular flexibility index (Phi) is 4.81. The molecule has 1 rings (SSSR count). The molecule has 0 unspecified atom stereocenters. The smallest absolute Gasteiger partial charge is 0.263 e. The Morgan fingerprint density at radius 3 is 2.50 bits per heavy atom. The summed E-state index contributed by atoms with van der Waals surface area (Å²) >= 11 is 7.85. The second kappa shape index (κ2) is 5.59. The molecule has 0 aliphatic heterocycles. The largest absolute Gasteiger partial charge is 0.392 e. The molecule has 0 saturated carbocycles. The van der Waals surface area contributed by atoms with Crippen LogP contribution in [0.1, 0.15) is 13.8 Å². The molecule has 0 aliphatic carbocycles. The average molecular weight is 356 g/mol. The SMILES string of the molecule is CC(C)N(CC(N)=S)S(=O)(=O)c1c(Br)nnn1C. The van der Waals surface area contributed by atoms with Gasteiger partial charge in [-0.2, -0.15) is 4.31 Å². The van der Waals surface area contributed by atoms with Crippen molar-refractivity contribution >= 4 is 43.2 Å². The molecule has 0 amide bonds. The van der Waals surface area contributed by atoms with Crippen molar-refractivity contribution in [1.82, 2.24) is 19.3 Å². The van der Waals surface area contributed by atoms with E-state index in [1.807, 2.05) is 0 Å². The van der Waals surface area contributed by atoms with Crippen molar-refractivity contribution in [2.45, 2.75) is 24.9 Å². The lowest BCUT2D eigenvalue weighted by atomic mass is 10.4. The van der Waals surface area contributed by atoms with Gasteiger partial charge in [0.25, 0.3) is 10.0 Å². The van der Waals surface area contributed by atoms with Gasteiger partial charge in [0.05, 0.1) is 11.5 Å². The molecule has 18 heavy (non-hydrogen) atoms. The van der Waals surface area contributed by atoms with Crippen molar-refractivity contribution in [2.24, 2.45) is 12.8 Å². The zero-order chi connectivity index (χ0) is 14.1. The summed E-state index contributed by atoms with van der Waals surface area (Å²) in [6.45, 7) is 3.47. The third-order valence-electron chi connectivity index (χ3n) is 2.18. The predicted molar refractivity (Wildman–Crippen MR) is 74.5 cm³/mol. The van der Waals surface area contributed by atoms with Gasteiger partial charge >= 0.3 is 0 Å². The van der Waals surface area contributed by atoms with Crippen LogP contribution in [-0.4, -0.2) is 45.3 Å². The Labute approximate surface area is 120 Å². The number of rotatable bonds is 5. The Bertz CT molecular complexity index is 534. The highest BCUT2D eigenvalue weighted by Gasteiger charge is 2.33. The molecule has 7 nitrogen and oxygen atoms in total. The summed E-state index contributed by atoms with van der Waals surface area (Å²) in [5.74, 6) is 0. The first-order valence-corrected chi connectivity index (χ1v) is 7.67. The van der Waals surface area contributed by atoms with E-state index in [4.69, 9.17) is 18.0 Å². The van der Waals surface area contributed by atoms with Gasteiger partial charge in [0.15, 0.2) is 4.60 Å². The molecular weight excluding hydrogens is 342 g/mol. The van der Waals surface area contributed by atoms with Crippen LogP contribution in [0.4, 0.5) is 0 Å². The van der Waals surface area contributed by atoms with Crippen molar-refractivity contribution in [3.8, 4) is 0 Å². The fourth-order valence-corrected chi connectivity index (χ4v) is 4.28. The number of hydrogen-bond donors (Lipinski definition) is 1. The number of hydrogen-bond acceptors (Lipinski definition) is 5. The third kappa shape index (κ3) is 3.05. The van der Waals surface area contributed by atoms with Crippen molar-refractivity contribution in [3.05, 3.63) is 4.60 Å². The first kappa shape index (κ1) is 15.5. The van der Waals surface area contributed by atoms with Gasteiger partial charge < -0.3 is 5.73 Å². The first-order valence-electron chi connectivity index (χ1n) is 5.03. The molecule has 0 radical (unpaired) electrons. The van der Waals surface area contributed by atoms with E-state index < -0.39 is 10.0 Å². The predicted octanol–water partition coefficient (Wildman–Crippen LogP) is 0.263. The van der Waals surface area contributed by atoms with Gasteiger partial charge in [-0.1, -0.05) is 17.4 Å². The molecule has 2 N–H and O–H groups in total. The summed E-state index contributed by atoms with van der Waals surface area (Å²) in [6, 6.07) is -0.279. The number of aryl methyl sites for hydroxylation is 1. The standard InChI is InChI=1S/C8H14BrN5O2S2/c1-5(2)14(4-6(10)17)18(15,16)8-7(9)11-12-13(8)3/h5H,4H2,1-3H3,(H2,10,17). The molecule has 1 heterocycles. The fraction of sp³-hybridized carbons (Fsp3) is 0.625. The minimum absolute atomic E-state index is 0.0209. The maximum absolute atomic E-state index is 12.5. The molecule has 102 valence electrons. The first-order chi connectivity index (χ1) is 8.17. The lowest BCUT2D eigenvalue weighted by molar-refractivity contribution is 0.386. The molecule has 0 saturated heterocycles. The van der Waals surface area contributed by atoms with Crippen molar-refractivity contribution < 1.29 is 8.42 Å². The van der Waals surface area contributed by atoms with E-state index in [9.17, 15) is 8.42 Å². The van der Waals surface area contributed by atoms with Crippen molar-refractivity contribution in [3.63, 3.8) is 0 Å². The Morgan fingerprint density at radius 1 is 1.61 bits per heavy atom. The zero-order valence-corrected chi connectivity index (χ0v) is 13.4. The van der Waals surface area contributed by atoms with Gasteiger partial charge in [-0.3, -0.25) is 0 Å². The van der Waals surface area contributed by atoms with E-state index in [0.717, 1.165) is 0 Å². The zero-order valence-electron chi connectivity index (χ0n) is 10.2. The van der Waals surface area contributed by atoms with E-state index in [1.54, 1.807) is 13.8 Å². The molecule has 1 aromatic rings. The molecule has 0 bridgehead atoms. The molecular formula is C8H14BrN5O2S2. The molecule has 0 spiro atoms. The van der Waals surface area contributed by atoms with Gasteiger partial charge in [-0.05, 0) is 29.8 Å². The number of nitrogens with two attached hydrogens (primary N) is 1. The number of sulfonamides is 1. The van der Waals surface area contributed by atoms with Gasteiger partial charge in [-0.25, -0.2) is 13.1 Å². The van der Waals surface area contributed by atoms with Crippen LogP contribution in [0.3, 0.4) is 0 Å². The topological polar surface area (TPSA) is 94.1 Å². The number of halogens is 1. The maximum Gasteiger partial charge on any atom is 0.263 e. The van der Waals surface area contributed by atoms with E-state index >= 15 is 0 Å². The summed E-state index contributed by atoms with van der Waals surface area (Å²) in [4.78, 5) is 0.110. The van der Waals surface area contributed by atoms with E-state index in [0.29, 0.717) is 0 Å². The lowest BCUT2D eigenvalue weighted by Crippen LogP contribution is -2.42. The summed E-state index contributed by atoms with van der Waals surface area (Å²) in [5, 5.41) is 7.30. The van der Waals surface area contributed by atoms with Crippen LogP contribution in [0, 0.1) is 0 Å². The quantitative estimate of drug-likeness (QED) is 0.761. The number of thiocarbonyl (C=S) groups is 1. The fourth-order valence-electron chi connectivity index (χ4n) is 1.41. The number of aromatic nitrogens is 3. The molecule has 0 aliphatic rings. The highest BCUT2D eigenvalue weighted by Crippen LogP contribution is 2.23. The van der Waals surface area contributed by atoms with Crippen molar-refractivity contribution in [2.75, 3.05) is 6.54 Å². The van der Waals surface area contributed by atoms with Gasteiger partial charge in [0, 0.05) is 13.1 Å². The van der Waals surface area contributed by atoms with Crippen LogP contribution >= 0.6 is 28.1 Å². The normalized spacial score (nSPS) is 12.3. The molecule has 0 aromatic carbocycles. The monoisotopic (exact) mass is 355 g/mol. The highest BCUT2D eigenvalue weighted by molar-refractivity contribution is 9.10. The molecule has 1 aromatic heterocycles. The second-order valence-electron chi connectivity index (χ2n) is 3.92. The summed E-state index contributed by atoms with van der Waals surface area (Å²) < 4.78 is 27.5. The number of nitrogens with zero attached hydrogens (tertiary/aromatic N) is 4. The third-order valence-corrected chi connectivity index (χ3v) is 5.22. The average Bonchev–Trinajstić information content (AvgIpc) is 2.54. The van der Waals surface area contributed by atoms with Crippen LogP contribution < -0.4 is 5.73 Å². The Morgan fingerprint density at radius 2 is 2.17 bits per heavy atom. The minimum atomic E-state index is -3.76. The van der Waals surface area contributed by atoms with Gasteiger partial charge in [0.2, 0.25) is 5.03 Å². The van der Waals surface area contributed by atoms with Crippen LogP contribution in [0.5, 0.6) is 0 Å². The summed E-state index contributed by atoms with van der Waals surface area (Å²) in [6.07, 6.45) is 0. The second-order valence-corrected chi connectivity index (χ2v) is 7.00. The van der Waals surface area contributed by atoms with E-state index in [-0.39, 0.29) is 27.2 Å². The van der Waals surface area contributed by atoms with E-state index in [2.05, 4.69) is 26.2 Å². The van der Waals surface area contributed by atoms with Crippen LogP contribution in [-0.2, 0) is 17.1 Å². The molecule has 0 atom stereocenters. The minimum Gasteiger partial charge on any atom is -0.392 e. The summed E-state index contributed by atoms with van der Waals surface area (Å²) in [5.41, 5.74) is 5.43. The van der Waals surface area contributed by atoms with Crippen LogP contribution in [0.15, 0.2) is 9.63 Å².